The number of hydrogen-bond donors (Lipinski definition) is 2. The minimum atomic E-state index is -3.16. The van der Waals surface area contributed by atoms with Gasteiger partial charge in [0.15, 0.2) is 9.84 Å². The van der Waals surface area contributed by atoms with Gasteiger partial charge in [-0.15, -0.1) is 0 Å². The van der Waals surface area contributed by atoms with E-state index < -0.39 is 15.7 Å². The second kappa shape index (κ2) is 5.09. The molecule has 0 heterocycles. The SMILES string of the molecule is NCCS(=O)(=O)Cc1ccc(C(N)=O)cc1. The lowest BCUT2D eigenvalue weighted by molar-refractivity contribution is 0.100. The van der Waals surface area contributed by atoms with Gasteiger partial charge in [0.05, 0.1) is 11.5 Å². The van der Waals surface area contributed by atoms with Crippen LogP contribution in [-0.2, 0) is 15.6 Å². The number of carbonyl (C=O) groups excluding carboxylic acids is 1. The van der Waals surface area contributed by atoms with Crippen LogP contribution in [0.2, 0.25) is 0 Å². The Balaban J connectivity index is 2.80. The molecule has 6 heteroatoms. The van der Waals surface area contributed by atoms with E-state index in [2.05, 4.69) is 0 Å². The molecule has 1 aromatic rings. The topological polar surface area (TPSA) is 103 Å². The van der Waals surface area contributed by atoms with Gasteiger partial charge in [-0.2, -0.15) is 0 Å². The maximum Gasteiger partial charge on any atom is 0.248 e. The molecule has 1 aromatic carbocycles. The fraction of sp³-hybridized carbons (Fsp3) is 0.300. The number of sulfone groups is 1. The highest BCUT2D eigenvalue weighted by Gasteiger charge is 2.10. The third kappa shape index (κ3) is 3.63. The molecular weight excluding hydrogens is 228 g/mol. The van der Waals surface area contributed by atoms with Gasteiger partial charge in [-0.1, -0.05) is 12.1 Å². The van der Waals surface area contributed by atoms with E-state index in [4.69, 9.17) is 11.5 Å². The summed E-state index contributed by atoms with van der Waals surface area (Å²) in [6.45, 7) is 0.113. The first kappa shape index (κ1) is 12.7. The molecular formula is C10H14N2O3S. The molecule has 0 aromatic heterocycles. The number of rotatable bonds is 5. The lowest BCUT2D eigenvalue weighted by atomic mass is 10.1. The first-order chi connectivity index (χ1) is 7.44. The highest BCUT2D eigenvalue weighted by Crippen LogP contribution is 2.08. The molecule has 1 rings (SSSR count). The van der Waals surface area contributed by atoms with Crippen molar-refractivity contribution in [1.29, 1.82) is 0 Å². The van der Waals surface area contributed by atoms with Crippen LogP contribution in [0.1, 0.15) is 15.9 Å². The van der Waals surface area contributed by atoms with E-state index in [0.717, 1.165) is 0 Å². The molecule has 0 unspecified atom stereocenters. The molecule has 0 atom stereocenters. The first-order valence-electron chi connectivity index (χ1n) is 4.74. The van der Waals surface area contributed by atoms with Gasteiger partial charge in [-0.05, 0) is 17.7 Å². The molecule has 0 aliphatic carbocycles. The van der Waals surface area contributed by atoms with E-state index in [0.29, 0.717) is 11.1 Å². The number of primary amides is 1. The average Bonchev–Trinajstić information content (AvgIpc) is 2.17. The van der Waals surface area contributed by atoms with Crippen molar-refractivity contribution in [3.8, 4) is 0 Å². The summed E-state index contributed by atoms with van der Waals surface area (Å²) in [6, 6.07) is 6.17. The van der Waals surface area contributed by atoms with Gasteiger partial charge in [0.2, 0.25) is 5.91 Å². The minimum absolute atomic E-state index is 0.0371. The summed E-state index contributed by atoms with van der Waals surface area (Å²) in [4.78, 5) is 10.8. The highest BCUT2D eigenvalue weighted by molar-refractivity contribution is 7.90. The molecule has 4 N–H and O–H groups in total. The Labute approximate surface area is 94.4 Å². The highest BCUT2D eigenvalue weighted by atomic mass is 32.2. The first-order valence-corrected chi connectivity index (χ1v) is 6.56. The zero-order valence-corrected chi connectivity index (χ0v) is 9.53. The van der Waals surface area contributed by atoms with Crippen molar-refractivity contribution in [2.75, 3.05) is 12.3 Å². The van der Waals surface area contributed by atoms with Crippen LogP contribution in [0.5, 0.6) is 0 Å². The third-order valence-electron chi connectivity index (χ3n) is 2.05. The van der Waals surface area contributed by atoms with Crippen molar-refractivity contribution in [1.82, 2.24) is 0 Å². The van der Waals surface area contributed by atoms with Crippen LogP contribution in [0.4, 0.5) is 0 Å². The number of carbonyl (C=O) groups is 1. The summed E-state index contributed by atoms with van der Waals surface area (Å²) in [7, 11) is -3.16. The van der Waals surface area contributed by atoms with Crippen LogP contribution in [0.15, 0.2) is 24.3 Å². The second-order valence-corrected chi connectivity index (χ2v) is 5.63. The molecule has 0 fully saturated rings. The molecule has 1 amide bonds. The van der Waals surface area contributed by atoms with E-state index in [-0.39, 0.29) is 18.1 Å². The van der Waals surface area contributed by atoms with E-state index in [9.17, 15) is 13.2 Å². The van der Waals surface area contributed by atoms with Crippen LogP contribution >= 0.6 is 0 Å². The number of benzene rings is 1. The van der Waals surface area contributed by atoms with E-state index in [1.165, 1.54) is 12.1 Å². The second-order valence-electron chi connectivity index (χ2n) is 3.44. The molecule has 0 bridgehead atoms. The lowest BCUT2D eigenvalue weighted by Crippen LogP contribution is -2.17. The Kier molecular flexibility index (Phi) is 4.03. The van der Waals surface area contributed by atoms with E-state index in [1.54, 1.807) is 12.1 Å². The molecule has 0 radical (unpaired) electrons. The molecule has 0 aliphatic heterocycles. The normalized spacial score (nSPS) is 11.3. The smallest absolute Gasteiger partial charge is 0.248 e. The largest absolute Gasteiger partial charge is 0.366 e. The third-order valence-corrected chi connectivity index (χ3v) is 3.68. The Morgan fingerprint density at radius 2 is 1.75 bits per heavy atom. The average molecular weight is 242 g/mol. The standard InChI is InChI=1S/C10H14N2O3S/c11-5-6-16(14,15)7-8-1-3-9(4-2-8)10(12)13/h1-4H,5-7,11H2,(H2,12,13). The fourth-order valence-electron chi connectivity index (χ4n) is 1.27. The predicted octanol–water partition coefficient (Wildman–Crippen LogP) is -0.341. The van der Waals surface area contributed by atoms with Crippen LogP contribution in [0, 0.1) is 0 Å². The molecule has 16 heavy (non-hydrogen) atoms. The number of nitrogens with two attached hydrogens (primary N) is 2. The van der Waals surface area contributed by atoms with E-state index in [1.807, 2.05) is 0 Å². The van der Waals surface area contributed by atoms with Gasteiger partial charge in [-0.3, -0.25) is 4.79 Å². The van der Waals surface area contributed by atoms with Gasteiger partial charge in [0.1, 0.15) is 0 Å². The Morgan fingerprint density at radius 3 is 2.19 bits per heavy atom. The van der Waals surface area contributed by atoms with Gasteiger partial charge in [-0.25, -0.2) is 8.42 Å². The van der Waals surface area contributed by atoms with Crippen molar-refractivity contribution in [3.05, 3.63) is 35.4 Å². The molecule has 0 spiro atoms. The summed E-state index contributed by atoms with van der Waals surface area (Å²) in [5, 5.41) is 0. The summed E-state index contributed by atoms with van der Waals surface area (Å²) < 4.78 is 22.9. The zero-order chi connectivity index (χ0) is 12.2. The fourth-order valence-corrected chi connectivity index (χ4v) is 2.47. The van der Waals surface area contributed by atoms with Crippen molar-refractivity contribution in [2.45, 2.75) is 5.75 Å². The molecule has 5 nitrogen and oxygen atoms in total. The summed E-state index contributed by atoms with van der Waals surface area (Å²) in [5.74, 6) is -0.635. The maximum absolute atomic E-state index is 11.4. The van der Waals surface area contributed by atoms with Crippen molar-refractivity contribution in [2.24, 2.45) is 11.5 Å². The van der Waals surface area contributed by atoms with E-state index >= 15 is 0 Å². The van der Waals surface area contributed by atoms with Crippen molar-refractivity contribution >= 4 is 15.7 Å². The monoisotopic (exact) mass is 242 g/mol. The Bertz CT molecular complexity index is 465. The molecule has 0 saturated carbocycles. The van der Waals surface area contributed by atoms with Crippen molar-refractivity contribution in [3.63, 3.8) is 0 Å². The molecule has 0 saturated heterocycles. The van der Waals surface area contributed by atoms with Gasteiger partial charge < -0.3 is 11.5 Å². The number of amides is 1. The van der Waals surface area contributed by atoms with Gasteiger partial charge in [0.25, 0.3) is 0 Å². The molecule has 88 valence electrons. The van der Waals surface area contributed by atoms with Crippen LogP contribution in [0.25, 0.3) is 0 Å². The van der Waals surface area contributed by atoms with Crippen molar-refractivity contribution < 1.29 is 13.2 Å². The predicted molar refractivity (Wildman–Crippen MR) is 61.5 cm³/mol. The number of hydrogen-bond acceptors (Lipinski definition) is 4. The van der Waals surface area contributed by atoms with Crippen LogP contribution in [0.3, 0.4) is 0 Å². The summed E-state index contributed by atoms with van der Waals surface area (Å²) in [6.07, 6.45) is 0. The summed E-state index contributed by atoms with van der Waals surface area (Å²) in [5.41, 5.74) is 11.2. The Hall–Kier alpha value is -1.40. The van der Waals surface area contributed by atoms with Gasteiger partial charge in [0, 0.05) is 12.1 Å². The van der Waals surface area contributed by atoms with Crippen LogP contribution in [-0.4, -0.2) is 26.6 Å². The lowest BCUT2D eigenvalue weighted by Gasteiger charge is -2.03. The zero-order valence-electron chi connectivity index (χ0n) is 8.72. The van der Waals surface area contributed by atoms with Crippen LogP contribution < -0.4 is 11.5 Å². The maximum atomic E-state index is 11.4. The van der Waals surface area contributed by atoms with Gasteiger partial charge >= 0.3 is 0 Å². The summed E-state index contributed by atoms with van der Waals surface area (Å²) >= 11 is 0. The minimum Gasteiger partial charge on any atom is -0.366 e. The molecule has 0 aliphatic rings. The quantitative estimate of drug-likeness (QED) is 0.737. The Morgan fingerprint density at radius 1 is 1.19 bits per heavy atom.